The van der Waals surface area contributed by atoms with Crippen LogP contribution in [0, 0.1) is 11.8 Å². The van der Waals surface area contributed by atoms with Gasteiger partial charge in [0.25, 0.3) is 0 Å². The Labute approximate surface area is 168 Å². The van der Waals surface area contributed by atoms with Crippen LogP contribution in [0.25, 0.3) is 0 Å². The van der Waals surface area contributed by atoms with Crippen molar-refractivity contribution in [3.8, 4) is 0 Å². The molecule has 3 aliphatic rings. The van der Waals surface area contributed by atoms with Crippen LogP contribution in [-0.4, -0.2) is 72.3 Å². The lowest BCUT2D eigenvalue weighted by atomic mass is 9.83. The molecule has 1 atom stereocenters. The second-order valence-corrected chi connectivity index (χ2v) is 8.72. The van der Waals surface area contributed by atoms with Crippen LogP contribution in [0.15, 0.2) is 30.3 Å². The van der Waals surface area contributed by atoms with E-state index in [1.807, 2.05) is 4.90 Å². The van der Waals surface area contributed by atoms with Gasteiger partial charge >= 0.3 is 0 Å². The molecule has 1 aromatic carbocycles. The minimum absolute atomic E-state index is 0.145. The molecule has 0 aliphatic carbocycles. The average Bonchev–Trinajstić information content (AvgIpc) is 3.37. The summed E-state index contributed by atoms with van der Waals surface area (Å²) < 4.78 is 0. The fourth-order valence-corrected chi connectivity index (χ4v) is 5.11. The topological polar surface area (TPSA) is 43.9 Å². The number of hydrogen-bond donors (Lipinski definition) is 0. The van der Waals surface area contributed by atoms with Gasteiger partial charge in [0.15, 0.2) is 0 Å². The zero-order chi connectivity index (χ0) is 19.3. The number of carbonyl (C=O) groups excluding carboxylic acids is 2. The van der Waals surface area contributed by atoms with Crippen LogP contribution in [0.3, 0.4) is 0 Å². The maximum Gasteiger partial charge on any atom is 0.242 e. The number of piperidine rings is 1. The van der Waals surface area contributed by atoms with Gasteiger partial charge in [-0.15, -0.1) is 0 Å². The molecule has 2 amide bonds. The normalized spacial score (nSPS) is 24.3. The number of rotatable bonds is 6. The van der Waals surface area contributed by atoms with Gasteiger partial charge in [-0.2, -0.15) is 0 Å². The van der Waals surface area contributed by atoms with Gasteiger partial charge < -0.3 is 14.7 Å². The maximum atomic E-state index is 12.6. The van der Waals surface area contributed by atoms with E-state index in [0.29, 0.717) is 18.9 Å². The van der Waals surface area contributed by atoms with Crippen LogP contribution in [-0.2, 0) is 16.0 Å². The Morgan fingerprint density at radius 2 is 1.71 bits per heavy atom. The Kier molecular flexibility index (Phi) is 6.30. The predicted octanol–water partition coefficient (Wildman–Crippen LogP) is 2.41. The summed E-state index contributed by atoms with van der Waals surface area (Å²) in [5, 5.41) is 0. The molecule has 5 heteroatoms. The standard InChI is InChI=1S/C23H33N3O2/c27-22-7-4-12-25(22)18-23(28)26-16-11-21(17-26)20-9-14-24(15-10-20)13-8-19-5-2-1-3-6-19/h1-3,5-6,20-21H,4,7-18H2/t21-/m0/s1. The molecule has 3 heterocycles. The first-order valence-corrected chi connectivity index (χ1v) is 11.0. The molecule has 0 bridgehead atoms. The first-order chi connectivity index (χ1) is 13.7. The first kappa shape index (κ1) is 19.4. The van der Waals surface area contributed by atoms with Crippen LogP contribution in [0.2, 0.25) is 0 Å². The second-order valence-electron chi connectivity index (χ2n) is 8.72. The van der Waals surface area contributed by atoms with Crippen molar-refractivity contribution in [1.29, 1.82) is 0 Å². The van der Waals surface area contributed by atoms with E-state index in [-0.39, 0.29) is 11.8 Å². The van der Waals surface area contributed by atoms with E-state index in [0.717, 1.165) is 51.4 Å². The van der Waals surface area contributed by atoms with Crippen LogP contribution in [0.5, 0.6) is 0 Å². The molecule has 3 fully saturated rings. The molecule has 5 nitrogen and oxygen atoms in total. The smallest absolute Gasteiger partial charge is 0.242 e. The molecule has 3 aliphatic heterocycles. The summed E-state index contributed by atoms with van der Waals surface area (Å²) >= 11 is 0. The molecule has 3 saturated heterocycles. The van der Waals surface area contributed by atoms with E-state index >= 15 is 0 Å². The van der Waals surface area contributed by atoms with Gasteiger partial charge in [-0.1, -0.05) is 30.3 Å². The second kappa shape index (κ2) is 9.08. The largest absolute Gasteiger partial charge is 0.341 e. The van der Waals surface area contributed by atoms with Crippen molar-refractivity contribution < 1.29 is 9.59 Å². The quantitative estimate of drug-likeness (QED) is 0.758. The number of carbonyl (C=O) groups is 2. The zero-order valence-electron chi connectivity index (χ0n) is 16.9. The molecular weight excluding hydrogens is 350 g/mol. The summed E-state index contributed by atoms with van der Waals surface area (Å²) in [6.07, 6.45) is 6.29. The molecule has 1 aromatic rings. The number of nitrogens with zero attached hydrogens (tertiary/aromatic N) is 3. The monoisotopic (exact) mass is 383 g/mol. The van der Waals surface area contributed by atoms with Crippen molar-refractivity contribution in [2.45, 2.75) is 38.5 Å². The SMILES string of the molecule is O=C1CCCN1CC(=O)N1CC[C@H](C2CCN(CCc3ccccc3)CC2)C1. The predicted molar refractivity (Wildman–Crippen MR) is 110 cm³/mol. The van der Waals surface area contributed by atoms with E-state index in [9.17, 15) is 9.59 Å². The van der Waals surface area contributed by atoms with Gasteiger partial charge in [0.1, 0.15) is 0 Å². The molecule has 0 aromatic heterocycles. The van der Waals surface area contributed by atoms with Gasteiger partial charge in [0, 0.05) is 32.6 Å². The third kappa shape index (κ3) is 4.75. The van der Waals surface area contributed by atoms with Crippen molar-refractivity contribution in [3.63, 3.8) is 0 Å². The highest BCUT2D eigenvalue weighted by atomic mass is 16.2. The third-order valence-corrected chi connectivity index (χ3v) is 6.93. The summed E-state index contributed by atoms with van der Waals surface area (Å²) in [5.41, 5.74) is 1.42. The van der Waals surface area contributed by atoms with Crippen molar-refractivity contribution in [3.05, 3.63) is 35.9 Å². The van der Waals surface area contributed by atoms with Crippen molar-refractivity contribution in [2.75, 3.05) is 45.8 Å². The molecule has 0 spiro atoms. The van der Waals surface area contributed by atoms with Crippen LogP contribution in [0.4, 0.5) is 0 Å². The molecule has 0 N–H and O–H groups in total. The minimum atomic E-state index is 0.145. The lowest BCUT2D eigenvalue weighted by molar-refractivity contribution is -0.137. The van der Waals surface area contributed by atoms with Crippen LogP contribution >= 0.6 is 0 Å². The lowest BCUT2D eigenvalue weighted by Crippen LogP contribution is -2.41. The number of likely N-dealkylation sites (tertiary alicyclic amines) is 3. The van der Waals surface area contributed by atoms with Crippen molar-refractivity contribution in [1.82, 2.24) is 14.7 Å². The van der Waals surface area contributed by atoms with Crippen molar-refractivity contribution >= 4 is 11.8 Å². The third-order valence-electron chi connectivity index (χ3n) is 6.93. The van der Waals surface area contributed by atoms with E-state index in [1.165, 1.54) is 31.5 Å². The number of amides is 2. The summed E-state index contributed by atoms with van der Waals surface area (Å²) in [7, 11) is 0. The Balaban J connectivity index is 1.18. The number of benzene rings is 1. The molecule has 0 unspecified atom stereocenters. The minimum Gasteiger partial charge on any atom is -0.341 e. The molecule has 0 radical (unpaired) electrons. The van der Waals surface area contributed by atoms with E-state index in [4.69, 9.17) is 0 Å². The molecule has 4 rings (SSSR count). The van der Waals surface area contributed by atoms with Gasteiger partial charge in [-0.3, -0.25) is 9.59 Å². The fraction of sp³-hybridized carbons (Fsp3) is 0.652. The Morgan fingerprint density at radius 3 is 2.43 bits per heavy atom. The van der Waals surface area contributed by atoms with Gasteiger partial charge in [-0.25, -0.2) is 0 Å². The highest BCUT2D eigenvalue weighted by Gasteiger charge is 2.34. The lowest BCUT2D eigenvalue weighted by Gasteiger charge is -2.35. The van der Waals surface area contributed by atoms with E-state index < -0.39 is 0 Å². The zero-order valence-corrected chi connectivity index (χ0v) is 16.9. The van der Waals surface area contributed by atoms with Crippen LogP contribution < -0.4 is 0 Å². The Hall–Kier alpha value is -1.88. The summed E-state index contributed by atoms with van der Waals surface area (Å²) in [6.45, 7) is 6.34. The highest BCUT2D eigenvalue weighted by Crippen LogP contribution is 2.32. The van der Waals surface area contributed by atoms with Gasteiger partial charge in [-0.05, 0) is 62.6 Å². The molecule has 28 heavy (non-hydrogen) atoms. The fourth-order valence-electron chi connectivity index (χ4n) is 5.11. The summed E-state index contributed by atoms with van der Waals surface area (Å²) in [5.74, 6) is 1.69. The van der Waals surface area contributed by atoms with Gasteiger partial charge in [0.05, 0.1) is 6.54 Å². The van der Waals surface area contributed by atoms with E-state index in [1.54, 1.807) is 4.90 Å². The molecule has 152 valence electrons. The van der Waals surface area contributed by atoms with Crippen molar-refractivity contribution in [2.24, 2.45) is 11.8 Å². The Morgan fingerprint density at radius 1 is 0.964 bits per heavy atom. The first-order valence-electron chi connectivity index (χ1n) is 11.0. The maximum absolute atomic E-state index is 12.6. The van der Waals surface area contributed by atoms with E-state index in [2.05, 4.69) is 35.2 Å². The van der Waals surface area contributed by atoms with Crippen LogP contribution in [0.1, 0.15) is 37.7 Å². The Bertz CT molecular complexity index is 670. The summed E-state index contributed by atoms with van der Waals surface area (Å²) in [6, 6.07) is 10.7. The molecule has 0 saturated carbocycles. The summed E-state index contributed by atoms with van der Waals surface area (Å²) in [4.78, 5) is 30.7. The average molecular weight is 384 g/mol. The molecular formula is C23H33N3O2. The number of hydrogen-bond acceptors (Lipinski definition) is 3. The van der Waals surface area contributed by atoms with Gasteiger partial charge in [0.2, 0.25) is 11.8 Å². The highest BCUT2D eigenvalue weighted by molar-refractivity contribution is 5.86.